The number of benzene rings is 2. The van der Waals surface area contributed by atoms with Crippen LogP contribution >= 0.6 is 11.3 Å². The lowest BCUT2D eigenvalue weighted by atomic mass is 10.1. The lowest BCUT2D eigenvalue weighted by Gasteiger charge is -2.27. The minimum atomic E-state index is 0.0681. The standard InChI is InChI=1S/C19H20N2OS/c1-13(2)21(11-16-7-5-4-6-14(16)3)19(22)15-8-9-17-18(10-15)23-12-20-17/h4-10,12-13H,11H2,1-3H3. The van der Waals surface area contributed by atoms with Gasteiger partial charge in [-0.15, -0.1) is 11.3 Å². The zero-order valence-corrected chi connectivity index (χ0v) is 14.4. The van der Waals surface area contributed by atoms with Gasteiger partial charge in [0.15, 0.2) is 0 Å². The first kappa shape index (κ1) is 15.7. The third kappa shape index (κ3) is 3.27. The lowest BCUT2D eigenvalue weighted by molar-refractivity contribution is 0.0690. The maximum absolute atomic E-state index is 13.0. The van der Waals surface area contributed by atoms with E-state index in [-0.39, 0.29) is 11.9 Å². The molecule has 23 heavy (non-hydrogen) atoms. The molecule has 3 rings (SSSR count). The highest BCUT2D eigenvalue weighted by molar-refractivity contribution is 7.16. The van der Waals surface area contributed by atoms with Crippen molar-refractivity contribution in [3.05, 3.63) is 64.7 Å². The summed E-state index contributed by atoms with van der Waals surface area (Å²) in [6, 6.07) is 14.1. The number of aromatic nitrogens is 1. The molecule has 0 unspecified atom stereocenters. The van der Waals surface area contributed by atoms with Crippen LogP contribution in [0.2, 0.25) is 0 Å². The molecule has 0 saturated heterocycles. The molecule has 2 aromatic carbocycles. The molecule has 0 aliphatic rings. The summed E-state index contributed by atoms with van der Waals surface area (Å²) in [6.45, 7) is 6.83. The monoisotopic (exact) mass is 324 g/mol. The SMILES string of the molecule is Cc1ccccc1CN(C(=O)c1ccc2ncsc2c1)C(C)C. The Bertz CT molecular complexity index is 838. The number of hydrogen-bond acceptors (Lipinski definition) is 3. The van der Waals surface area contributed by atoms with Gasteiger partial charge < -0.3 is 4.90 Å². The first-order chi connectivity index (χ1) is 11.1. The van der Waals surface area contributed by atoms with Gasteiger partial charge in [-0.3, -0.25) is 4.79 Å². The molecule has 0 N–H and O–H groups in total. The maximum Gasteiger partial charge on any atom is 0.254 e. The predicted octanol–water partition coefficient (Wildman–Crippen LogP) is 4.66. The highest BCUT2D eigenvalue weighted by Crippen LogP contribution is 2.22. The van der Waals surface area contributed by atoms with E-state index < -0.39 is 0 Å². The molecule has 118 valence electrons. The number of hydrogen-bond donors (Lipinski definition) is 0. The van der Waals surface area contributed by atoms with E-state index in [9.17, 15) is 4.79 Å². The molecule has 1 amide bonds. The average Bonchev–Trinajstić information content (AvgIpc) is 3.00. The number of amides is 1. The number of carbonyl (C=O) groups is 1. The molecule has 0 fully saturated rings. The van der Waals surface area contributed by atoms with Crippen LogP contribution in [0.3, 0.4) is 0 Å². The molecule has 0 radical (unpaired) electrons. The van der Waals surface area contributed by atoms with Crippen molar-refractivity contribution in [1.82, 2.24) is 9.88 Å². The number of thiazole rings is 1. The summed E-state index contributed by atoms with van der Waals surface area (Å²) in [6.07, 6.45) is 0. The molecule has 0 aliphatic carbocycles. The molecule has 1 heterocycles. The fourth-order valence-electron chi connectivity index (χ4n) is 2.61. The number of nitrogens with zero attached hydrogens (tertiary/aromatic N) is 2. The van der Waals surface area contributed by atoms with E-state index in [1.807, 2.05) is 40.7 Å². The van der Waals surface area contributed by atoms with Crippen molar-refractivity contribution >= 4 is 27.5 Å². The molecule has 0 saturated carbocycles. The highest BCUT2D eigenvalue weighted by Gasteiger charge is 2.20. The van der Waals surface area contributed by atoms with Crippen LogP contribution in [0.15, 0.2) is 48.0 Å². The van der Waals surface area contributed by atoms with Crippen molar-refractivity contribution in [3.8, 4) is 0 Å². The number of fused-ring (bicyclic) bond motifs is 1. The van der Waals surface area contributed by atoms with Crippen LogP contribution in [0.4, 0.5) is 0 Å². The first-order valence-corrected chi connectivity index (χ1v) is 8.63. The van der Waals surface area contributed by atoms with E-state index in [4.69, 9.17) is 0 Å². The van der Waals surface area contributed by atoms with E-state index in [2.05, 4.69) is 37.9 Å². The van der Waals surface area contributed by atoms with Gasteiger partial charge in [-0.05, 0) is 50.1 Å². The van der Waals surface area contributed by atoms with E-state index in [0.29, 0.717) is 6.54 Å². The number of carbonyl (C=O) groups excluding carboxylic acids is 1. The van der Waals surface area contributed by atoms with Crippen LogP contribution in [0.25, 0.3) is 10.2 Å². The van der Waals surface area contributed by atoms with E-state index in [1.165, 1.54) is 11.1 Å². The Balaban J connectivity index is 1.90. The summed E-state index contributed by atoms with van der Waals surface area (Å²) in [5, 5.41) is 0. The fraction of sp³-hybridized carbons (Fsp3) is 0.263. The normalized spacial score (nSPS) is 11.1. The van der Waals surface area contributed by atoms with Crippen LogP contribution in [0.5, 0.6) is 0 Å². The lowest BCUT2D eigenvalue weighted by Crippen LogP contribution is -2.36. The number of rotatable bonds is 4. The molecule has 1 aromatic heterocycles. The fourth-order valence-corrected chi connectivity index (χ4v) is 3.33. The summed E-state index contributed by atoms with van der Waals surface area (Å²) in [5.74, 6) is 0.0681. The smallest absolute Gasteiger partial charge is 0.254 e. The second-order valence-corrected chi connectivity index (χ2v) is 6.87. The largest absolute Gasteiger partial charge is 0.332 e. The van der Waals surface area contributed by atoms with Gasteiger partial charge in [-0.25, -0.2) is 4.98 Å². The number of aryl methyl sites for hydroxylation is 1. The molecule has 0 atom stereocenters. The molecule has 0 aliphatic heterocycles. The Morgan fingerprint density at radius 2 is 2.00 bits per heavy atom. The van der Waals surface area contributed by atoms with Gasteiger partial charge in [0.05, 0.1) is 15.7 Å². The van der Waals surface area contributed by atoms with Gasteiger partial charge in [-0.2, -0.15) is 0 Å². The van der Waals surface area contributed by atoms with Gasteiger partial charge in [0.25, 0.3) is 5.91 Å². The third-order valence-electron chi connectivity index (χ3n) is 4.06. The quantitative estimate of drug-likeness (QED) is 0.699. The maximum atomic E-state index is 13.0. The second kappa shape index (κ2) is 6.50. The first-order valence-electron chi connectivity index (χ1n) is 7.75. The molecule has 3 nitrogen and oxygen atoms in total. The Morgan fingerprint density at radius 3 is 2.74 bits per heavy atom. The molecule has 0 bridgehead atoms. The summed E-state index contributed by atoms with van der Waals surface area (Å²) in [5.41, 5.74) is 5.88. The summed E-state index contributed by atoms with van der Waals surface area (Å²) < 4.78 is 1.05. The zero-order chi connectivity index (χ0) is 16.4. The summed E-state index contributed by atoms with van der Waals surface area (Å²) >= 11 is 1.56. The van der Waals surface area contributed by atoms with E-state index in [1.54, 1.807) is 11.3 Å². The Kier molecular flexibility index (Phi) is 4.44. The summed E-state index contributed by atoms with van der Waals surface area (Å²) in [4.78, 5) is 19.2. The Morgan fingerprint density at radius 1 is 1.22 bits per heavy atom. The highest BCUT2D eigenvalue weighted by atomic mass is 32.1. The minimum Gasteiger partial charge on any atom is -0.332 e. The van der Waals surface area contributed by atoms with Crippen molar-refractivity contribution < 1.29 is 4.79 Å². The third-order valence-corrected chi connectivity index (χ3v) is 4.86. The minimum absolute atomic E-state index is 0.0681. The van der Waals surface area contributed by atoms with Gasteiger partial charge in [0.1, 0.15) is 0 Å². The van der Waals surface area contributed by atoms with Crippen LogP contribution in [-0.4, -0.2) is 21.8 Å². The predicted molar refractivity (Wildman–Crippen MR) is 95.8 cm³/mol. The van der Waals surface area contributed by atoms with Gasteiger partial charge in [0.2, 0.25) is 0 Å². The Labute approximate surface area is 140 Å². The molecule has 4 heteroatoms. The van der Waals surface area contributed by atoms with Crippen molar-refractivity contribution in [3.63, 3.8) is 0 Å². The van der Waals surface area contributed by atoms with E-state index in [0.717, 1.165) is 15.8 Å². The molecule has 0 spiro atoms. The topological polar surface area (TPSA) is 33.2 Å². The van der Waals surface area contributed by atoms with Gasteiger partial charge in [0, 0.05) is 18.2 Å². The van der Waals surface area contributed by atoms with Crippen LogP contribution < -0.4 is 0 Å². The van der Waals surface area contributed by atoms with Crippen molar-refractivity contribution in [1.29, 1.82) is 0 Å². The van der Waals surface area contributed by atoms with Crippen molar-refractivity contribution in [2.24, 2.45) is 0 Å². The van der Waals surface area contributed by atoms with Gasteiger partial charge >= 0.3 is 0 Å². The van der Waals surface area contributed by atoms with Crippen molar-refractivity contribution in [2.45, 2.75) is 33.4 Å². The summed E-state index contributed by atoms with van der Waals surface area (Å²) in [7, 11) is 0. The average molecular weight is 324 g/mol. The van der Waals surface area contributed by atoms with Crippen LogP contribution in [0, 0.1) is 6.92 Å². The van der Waals surface area contributed by atoms with E-state index >= 15 is 0 Å². The molecule has 3 aromatic rings. The van der Waals surface area contributed by atoms with Crippen LogP contribution in [-0.2, 0) is 6.54 Å². The Hall–Kier alpha value is -2.20. The van der Waals surface area contributed by atoms with Crippen molar-refractivity contribution in [2.75, 3.05) is 0 Å². The van der Waals surface area contributed by atoms with Crippen LogP contribution in [0.1, 0.15) is 35.3 Å². The molecular formula is C19H20N2OS. The zero-order valence-electron chi connectivity index (χ0n) is 13.6. The second-order valence-electron chi connectivity index (χ2n) is 5.99. The molecular weight excluding hydrogens is 304 g/mol. The van der Waals surface area contributed by atoms with Gasteiger partial charge in [-0.1, -0.05) is 24.3 Å².